The quantitative estimate of drug-likeness (QED) is 0.687. The molecule has 7 heteroatoms. The number of aromatic nitrogens is 2. The fourth-order valence-corrected chi connectivity index (χ4v) is 2.41. The number of hydrogen-bond donors (Lipinski definition) is 1. The molecule has 1 heterocycles. The van der Waals surface area contributed by atoms with Crippen molar-refractivity contribution in [2.75, 3.05) is 0 Å². The summed E-state index contributed by atoms with van der Waals surface area (Å²) >= 11 is 0. The maximum atomic E-state index is 12.5. The summed E-state index contributed by atoms with van der Waals surface area (Å²) in [6, 6.07) is 4.11. The van der Waals surface area contributed by atoms with Crippen molar-refractivity contribution in [2.24, 2.45) is 0 Å². The van der Waals surface area contributed by atoms with E-state index in [9.17, 15) is 13.6 Å². The van der Waals surface area contributed by atoms with Crippen LogP contribution < -0.4 is 4.74 Å². The number of carboxylic acid groups (broad SMARTS) is 1. The van der Waals surface area contributed by atoms with Crippen molar-refractivity contribution in [3.63, 3.8) is 0 Å². The minimum atomic E-state index is -3.08. The minimum absolute atomic E-state index is 0.300. The lowest BCUT2D eigenvalue weighted by Gasteiger charge is -2.09. The van der Waals surface area contributed by atoms with E-state index in [4.69, 9.17) is 5.11 Å². The van der Waals surface area contributed by atoms with Crippen LogP contribution in [0.1, 0.15) is 43.0 Å². The monoisotopic (exact) mass is 338 g/mol. The zero-order valence-corrected chi connectivity index (χ0v) is 13.4. The van der Waals surface area contributed by atoms with Crippen LogP contribution in [0.5, 0.6) is 5.75 Å². The van der Waals surface area contributed by atoms with Crippen LogP contribution in [0.2, 0.25) is 0 Å². The third kappa shape index (κ3) is 4.78. The molecule has 1 aromatic carbocycles. The highest BCUT2D eigenvalue weighted by Crippen LogP contribution is 2.28. The van der Waals surface area contributed by atoms with Gasteiger partial charge in [-0.05, 0) is 24.1 Å². The summed E-state index contributed by atoms with van der Waals surface area (Å²) in [7, 11) is 0. The molecule has 24 heavy (non-hydrogen) atoms. The van der Waals surface area contributed by atoms with E-state index >= 15 is 0 Å². The number of nitrogens with zero attached hydrogens (tertiary/aromatic N) is 2. The Morgan fingerprint density at radius 1 is 1.29 bits per heavy atom. The van der Waals surface area contributed by atoms with Crippen molar-refractivity contribution >= 4 is 5.97 Å². The first-order valence-electron chi connectivity index (χ1n) is 7.86. The van der Waals surface area contributed by atoms with Crippen molar-refractivity contribution < 1.29 is 23.4 Å². The first-order chi connectivity index (χ1) is 11.5. The highest BCUT2D eigenvalue weighted by Gasteiger charge is 2.16. The van der Waals surface area contributed by atoms with E-state index in [1.54, 1.807) is 16.9 Å². The molecule has 0 atom stereocenters. The van der Waals surface area contributed by atoms with Gasteiger partial charge in [-0.15, -0.1) is 0 Å². The highest BCUT2D eigenvalue weighted by molar-refractivity contribution is 5.92. The van der Waals surface area contributed by atoms with Gasteiger partial charge in [-0.3, -0.25) is 4.68 Å². The summed E-state index contributed by atoms with van der Waals surface area (Å²) in [5.74, 6) is -1.67. The molecular weight excluding hydrogens is 318 g/mol. The van der Waals surface area contributed by atoms with Gasteiger partial charge in [0.15, 0.2) is 0 Å². The van der Waals surface area contributed by atoms with Crippen LogP contribution in [0.15, 0.2) is 30.6 Å². The number of aryl methyl sites for hydroxylation is 1. The molecule has 0 aliphatic carbocycles. The largest absolute Gasteiger partial charge is 0.478 e. The SMILES string of the molecule is CCCCCCn1cc(-c2ccc(C(=O)O)c(OC(F)F)c2)cn1. The highest BCUT2D eigenvalue weighted by atomic mass is 19.3. The summed E-state index contributed by atoms with van der Waals surface area (Å²) in [4.78, 5) is 11.1. The summed E-state index contributed by atoms with van der Waals surface area (Å²) in [5.41, 5.74) is 1.00. The summed E-state index contributed by atoms with van der Waals surface area (Å²) in [6.45, 7) is -0.154. The molecule has 0 spiro atoms. The van der Waals surface area contributed by atoms with Gasteiger partial charge in [-0.25, -0.2) is 4.79 Å². The van der Waals surface area contributed by atoms with Gasteiger partial charge < -0.3 is 9.84 Å². The normalized spacial score (nSPS) is 11.0. The van der Waals surface area contributed by atoms with Gasteiger partial charge in [0.05, 0.1) is 6.20 Å². The third-order valence-electron chi connectivity index (χ3n) is 3.64. The Morgan fingerprint density at radius 2 is 2.08 bits per heavy atom. The predicted octanol–water partition coefficient (Wildman–Crippen LogP) is 4.43. The van der Waals surface area contributed by atoms with E-state index in [2.05, 4.69) is 16.8 Å². The lowest BCUT2D eigenvalue weighted by atomic mass is 10.1. The van der Waals surface area contributed by atoms with E-state index in [0.717, 1.165) is 31.4 Å². The molecule has 130 valence electrons. The Bertz CT molecular complexity index is 686. The zero-order valence-electron chi connectivity index (χ0n) is 13.4. The second-order valence-electron chi connectivity index (χ2n) is 5.45. The van der Waals surface area contributed by atoms with E-state index in [-0.39, 0.29) is 11.3 Å². The molecular formula is C17H20F2N2O3. The van der Waals surface area contributed by atoms with Gasteiger partial charge in [0.1, 0.15) is 11.3 Å². The maximum Gasteiger partial charge on any atom is 0.387 e. The summed E-state index contributed by atoms with van der Waals surface area (Å²) in [5, 5.41) is 13.3. The van der Waals surface area contributed by atoms with Gasteiger partial charge in [-0.1, -0.05) is 32.3 Å². The standard InChI is InChI=1S/C17H20F2N2O3/c1-2-3-4-5-8-21-11-13(10-20-21)12-6-7-14(16(22)23)15(9-12)24-17(18)19/h6-7,9-11,17H,2-5,8H2,1H3,(H,22,23). The topological polar surface area (TPSA) is 64.4 Å². The summed E-state index contributed by atoms with van der Waals surface area (Å²) < 4.78 is 31.1. The average Bonchev–Trinajstić information content (AvgIpc) is 2.99. The second kappa shape index (κ2) is 8.42. The number of ether oxygens (including phenoxy) is 1. The van der Waals surface area contributed by atoms with Crippen molar-refractivity contribution in [3.8, 4) is 16.9 Å². The Kier molecular flexibility index (Phi) is 6.28. The second-order valence-corrected chi connectivity index (χ2v) is 5.45. The molecule has 2 rings (SSSR count). The van der Waals surface area contributed by atoms with Crippen molar-refractivity contribution in [1.29, 1.82) is 0 Å². The lowest BCUT2D eigenvalue weighted by Crippen LogP contribution is -2.07. The molecule has 0 aliphatic heterocycles. The van der Waals surface area contributed by atoms with Crippen molar-refractivity contribution in [1.82, 2.24) is 9.78 Å². The van der Waals surface area contributed by atoms with E-state index in [1.807, 2.05) is 6.20 Å². The average molecular weight is 338 g/mol. The molecule has 1 aromatic heterocycles. The van der Waals surface area contributed by atoms with Crippen molar-refractivity contribution in [3.05, 3.63) is 36.2 Å². The van der Waals surface area contributed by atoms with Gasteiger partial charge in [0.25, 0.3) is 0 Å². The first kappa shape index (κ1) is 17.9. The number of carbonyl (C=O) groups is 1. The fourth-order valence-electron chi connectivity index (χ4n) is 2.41. The maximum absolute atomic E-state index is 12.5. The molecule has 2 aromatic rings. The Morgan fingerprint density at radius 3 is 2.75 bits per heavy atom. The van der Waals surface area contributed by atoms with E-state index in [0.29, 0.717) is 5.56 Å². The molecule has 1 N–H and O–H groups in total. The minimum Gasteiger partial charge on any atom is -0.478 e. The Balaban J connectivity index is 2.16. The van der Waals surface area contributed by atoms with Crippen LogP contribution in [0.4, 0.5) is 8.78 Å². The number of halogens is 2. The number of rotatable bonds is 9. The number of unbranched alkanes of at least 4 members (excludes halogenated alkanes) is 3. The molecule has 0 radical (unpaired) electrons. The van der Waals surface area contributed by atoms with Gasteiger partial charge in [0, 0.05) is 18.3 Å². The number of alkyl halides is 2. The molecule has 0 unspecified atom stereocenters. The third-order valence-corrected chi connectivity index (χ3v) is 3.64. The van der Waals surface area contributed by atoms with Crippen LogP contribution in [0.25, 0.3) is 11.1 Å². The number of carboxylic acids is 1. The van der Waals surface area contributed by atoms with Gasteiger partial charge in [-0.2, -0.15) is 13.9 Å². The van der Waals surface area contributed by atoms with E-state index < -0.39 is 12.6 Å². The molecule has 0 amide bonds. The molecule has 0 saturated carbocycles. The Hall–Kier alpha value is -2.44. The fraction of sp³-hybridized carbons (Fsp3) is 0.412. The number of aromatic carboxylic acids is 1. The van der Waals surface area contributed by atoms with Gasteiger partial charge >= 0.3 is 12.6 Å². The Labute approximate surface area is 138 Å². The molecule has 0 fully saturated rings. The first-order valence-corrected chi connectivity index (χ1v) is 7.86. The van der Waals surface area contributed by atoms with Crippen LogP contribution in [-0.4, -0.2) is 27.5 Å². The number of benzene rings is 1. The summed E-state index contributed by atoms with van der Waals surface area (Å²) in [6.07, 6.45) is 7.93. The number of hydrogen-bond acceptors (Lipinski definition) is 3. The van der Waals surface area contributed by atoms with Crippen molar-refractivity contribution in [2.45, 2.75) is 45.8 Å². The molecule has 0 aliphatic rings. The van der Waals surface area contributed by atoms with Gasteiger partial charge in [0.2, 0.25) is 0 Å². The van der Waals surface area contributed by atoms with Crippen LogP contribution in [0, 0.1) is 0 Å². The zero-order chi connectivity index (χ0) is 17.5. The molecule has 0 bridgehead atoms. The molecule has 0 saturated heterocycles. The lowest BCUT2D eigenvalue weighted by molar-refractivity contribution is -0.0502. The van der Waals surface area contributed by atoms with E-state index in [1.165, 1.54) is 18.6 Å². The van der Waals surface area contributed by atoms with Crippen LogP contribution in [0.3, 0.4) is 0 Å². The molecule has 5 nitrogen and oxygen atoms in total. The smallest absolute Gasteiger partial charge is 0.387 e. The van der Waals surface area contributed by atoms with Crippen LogP contribution >= 0.6 is 0 Å². The predicted molar refractivity (Wildman–Crippen MR) is 85.4 cm³/mol. The van der Waals surface area contributed by atoms with Crippen LogP contribution in [-0.2, 0) is 6.54 Å².